The van der Waals surface area contributed by atoms with Crippen LogP contribution in [0, 0.1) is 0 Å². The molecule has 0 heterocycles. The molecule has 0 spiro atoms. The topological polar surface area (TPSA) is 111 Å². The quantitative estimate of drug-likeness (QED) is 0.320. The summed E-state index contributed by atoms with van der Waals surface area (Å²) in [5.74, 6) is -0.361. The van der Waals surface area contributed by atoms with Gasteiger partial charge < -0.3 is 20.4 Å². The van der Waals surface area contributed by atoms with Gasteiger partial charge in [0.1, 0.15) is 5.75 Å². The Labute approximate surface area is 144 Å². The van der Waals surface area contributed by atoms with Crippen molar-refractivity contribution in [2.75, 3.05) is 20.2 Å². The first-order valence-corrected chi connectivity index (χ1v) is 6.30. The molecule has 0 unspecified atom stereocenters. The first-order valence-electron chi connectivity index (χ1n) is 6.30. The maximum Gasteiger partial charge on any atom is 2.00 e. The number of phenols is 1. The Morgan fingerprint density at radius 1 is 1.23 bits per heavy atom. The largest absolute Gasteiger partial charge is 2.00 e. The fraction of sp³-hybridized carbons (Fsp3) is 0.333. The summed E-state index contributed by atoms with van der Waals surface area (Å²) < 4.78 is 0. The third-order valence-electron chi connectivity index (χ3n) is 2.23. The maximum atomic E-state index is 11.4. The van der Waals surface area contributed by atoms with Crippen LogP contribution < -0.4 is 10.2 Å². The molecule has 2 N–H and O–H groups in total. The predicted molar refractivity (Wildman–Crippen MR) is 79.9 cm³/mol. The molecule has 7 heteroatoms. The van der Waals surface area contributed by atoms with Gasteiger partial charge in [-0.1, -0.05) is 24.8 Å². The van der Waals surface area contributed by atoms with Gasteiger partial charge in [0.05, 0.1) is 13.1 Å². The van der Waals surface area contributed by atoms with Crippen molar-refractivity contribution in [1.82, 2.24) is 0 Å². The molecule has 0 atom stereocenters. The fourth-order valence-electron chi connectivity index (χ4n) is 1.42. The molecule has 1 rings (SSSR count). The Kier molecular flexibility index (Phi) is 13.4. The number of aliphatic hydroxyl groups is 1. The van der Waals surface area contributed by atoms with Crippen LogP contribution in [0.5, 0.6) is 11.5 Å². The van der Waals surface area contributed by atoms with Gasteiger partial charge in [-0.3, -0.25) is 9.98 Å². The van der Waals surface area contributed by atoms with E-state index in [1.54, 1.807) is 6.92 Å². The Bertz CT molecular complexity index is 524. The number of allylic oxidation sites excluding steroid dienone is 2. The van der Waals surface area contributed by atoms with Gasteiger partial charge in [-0.25, -0.2) is 0 Å². The molecule has 1 aromatic rings. The van der Waals surface area contributed by atoms with E-state index in [0.717, 1.165) is 13.2 Å². The van der Waals surface area contributed by atoms with E-state index in [4.69, 9.17) is 10.2 Å². The number of hydrogen-bond donors (Lipinski definition) is 2. The van der Waals surface area contributed by atoms with Crippen LogP contribution in [-0.2, 0) is 20.4 Å². The van der Waals surface area contributed by atoms with Crippen molar-refractivity contribution in [2.45, 2.75) is 13.8 Å². The summed E-state index contributed by atoms with van der Waals surface area (Å²) in [6.07, 6.45) is 2.92. The molecule has 0 amide bonds. The predicted octanol–water partition coefficient (Wildman–Crippen LogP) is 0.216. The van der Waals surface area contributed by atoms with E-state index >= 15 is 0 Å². The van der Waals surface area contributed by atoms with Crippen molar-refractivity contribution in [2.24, 2.45) is 9.98 Å². The van der Waals surface area contributed by atoms with E-state index in [9.17, 15) is 10.2 Å². The molecule has 22 heavy (non-hydrogen) atoms. The van der Waals surface area contributed by atoms with Crippen molar-refractivity contribution in [3.05, 3.63) is 35.6 Å². The van der Waals surface area contributed by atoms with E-state index < -0.39 is 0 Å². The minimum Gasteiger partial charge on any atom is -0.876 e. The molecule has 1 aromatic carbocycles. The van der Waals surface area contributed by atoms with Gasteiger partial charge in [0, 0.05) is 19.0 Å². The van der Waals surface area contributed by atoms with Crippen LogP contribution in [0.4, 0.5) is 0 Å². The number of phenolic OH excluding ortho intramolecular Hbond substituents is 1. The molecule has 0 fully saturated rings. The Morgan fingerprint density at radius 3 is 2.41 bits per heavy atom. The summed E-state index contributed by atoms with van der Waals surface area (Å²) in [6, 6.07) is 4.09. The molecule has 0 saturated heterocycles. The molecule has 0 saturated carbocycles. The minimum absolute atomic E-state index is 0. The normalized spacial score (nSPS) is 11.6. The van der Waals surface area contributed by atoms with Gasteiger partial charge in [-0.2, -0.15) is 0 Å². The van der Waals surface area contributed by atoms with Crippen LogP contribution in [0.3, 0.4) is 0 Å². The summed E-state index contributed by atoms with van der Waals surface area (Å²) in [5.41, 5.74) is 1.09. The Morgan fingerprint density at radius 2 is 1.86 bits per heavy atom. The second kappa shape index (κ2) is 13.0. The first kappa shape index (κ1) is 22.6. The van der Waals surface area contributed by atoms with E-state index in [1.807, 2.05) is 0 Å². The van der Waals surface area contributed by atoms with Crippen molar-refractivity contribution in [3.63, 3.8) is 0 Å². The minimum atomic E-state index is -0.270. The molecule has 124 valence electrons. The third-order valence-corrected chi connectivity index (χ3v) is 2.23. The molecule has 0 aliphatic rings. The summed E-state index contributed by atoms with van der Waals surface area (Å²) in [6.45, 7) is 4.11. The number of aliphatic imine (C=N–C) groups is 2. The maximum absolute atomic E-state index is 11.4. The second-order valence-corrected chi connectivity index (χ2v) is 4.04. The fourth-order valence-corrected chi connectivity index (χ4v) is 1.42. The van der Waals surface area contributed by atoms with E-state index in [-0.39, 0.29) is 37.7 Å². The monoisotopic (exact) mass is 398 g/mol. The number of rotatable bonds is 5. The van der Waals surface area contributed by atoms with Gasteiger partial charge >= 0.3 is 20.4 Å². The Hall–Kier alpha value is -1.68. The van der Waals surface area contributed by atoms with Crippen molar-refractivity contribution >= 4 is 11.9 Å². The van der Waals surface area contributed by atoms with Crippen LogP contribution in [0.2, 0.25) is 0 Å². The first-order chi connectivity index (χ1) is 9.99. The SMILES string of the molecule is CC(/C=C(/C)[O-])=NCCN=Cc1ccc(O)cc1[O-].CO.[Pd+2]. The standard InChI is InChI=1S/C14H18N2O3.CH4O.Pd/c1-10(7-11(2)17)16-6-5-15-9-12-3-4-13(18)8-14(12)19;1-2;/h3-4,7-9,17-19H,5-6H2,1-2H3;2H,1H3;/q;;+2/p-2/b11-7-,15-9?,16-10?;;. The average molecular weight is 399 g/mol. The molecule has 0 aromatic heterocycles. The van der Waals surface area contributed by atoms with Crippen LogP contribution in [0.15, 0.2) is 40.0 Å². The van der Waals surface area contributed by atoms with Gasteiger partial charge in [0.2, 0.25) is 0 Å². The van der Waals surface area contributed by atoms with Gasteiger partial charge in [-0.05, 0) is 24.6 Å². The van der Waals surface area contributed by atoms with Gasteiger partial charge in [-0.15, -0.1) is 5.76 Å². The zero-order valence-electron chi connectivity index (χ0n) is 12.7. The number of nitrogens with zero attached hydrogens (tertiary/aromatic N) is 2. The molecule has 6 nitrogen and oxygen atoms in total. The number of aliphatic hydroxyl groups excluding tert-OH is 1. The van der Waals surface area contributed by atoms with Crippen molar-refractivity contribution in [3.8, 4) is 11.5 Å². The zero-order chi connectivity index (χ0) is 16.3. The van der Waals surface area contributed by atoms with Gasteiger partial charge in [0.15, 0.2) is 0 Å². The summed E-state index contributed by atoms with van der Waals surface area (Å²) in [5, 5.41) is 38.3. The smallest absolute Gasteiger partial charge is 0.876 e. The average Bonchev–Trinajstić information content (AvgIpc) is 2.42. The third kappa shape index (κ3) is 10.1. The van der Waals surface area contributed by atoms with Crippen LogP contribution in [0.1, 0.15) is 19.4 Å². The van der Waals surface area contributed by atoms with E-state index in [0.29, 0.717) is 24.4 Å². The van der Waals surface area contributed by atoms with Crippen molar-refractivity contribution < 1.29 is 40.8 Å². The molecule has 0 aliphatic carbocycles. The number of benzene rings is 1. The molecule has 0 radical (unpaired) electrons. The zero-order valence-corrected chi connectivity index (χ0v) is 14.3. The summed E-state index contributed by atoms with van der Waals surface area (Å²) in [4.78, 5) is 8.21. The van der Waals surface area contributed by atoms with Crippen LogP contribution >= 0.6 is 0 Å². The Balaban J connectivity index is 0. The molecule has 0 bridgehead atoms. The number of aromatic hydroxyl groups is 1. The summed E-state index contributed by atoms with van der Waals surface area (Å²) in [7, 11) is 1.00. The number of hydrogen-bond acceptors (Lipinski definition) is 6. The molecular formula is C15H20N2O4Pd. The van der Waals surface area contributed by atoms with Crippen LogP contribution in [0.25, 0.3) is 0 Å². The second-order valence-electron chi connectivity index (χ2n) is 4.04. The van der Waals surface area contributed by atoms with Crippen LogP contribution in [-0.4, -0.2) is 42.3 Å². The van der Waals surface area contributed by atoms with E-state index in [2.05, 4.69) is 9.98 Å². The molecular weight excluding hydrogens is 379 g/mol. The van der Waals surface area contributed by atoms with Crippen molar-refractivity contribution in [1.29, 1.82) is 0 Å². The molecule has 0 aliphatic heterocycles. The van der Waals surface area contributed by atoms with Gasteiger partial charge in [0.25, 0.3) is 0 Å². The summed E-state index contributed by atoms with van der Waals surface area (Å²) >= 11 is 0. The van der Waals surface area contributed by atoms with E-state index in [1.165, 1.54) is 31.3 Å².